The molecule has 0 spiro atoms. The fourth-order valence-electron chi connectivity index (χ4n) is 17.1. The lowest BCUT2D eigenvalue weighted by Crippen LogP contribution is -2.40. The van der Waals surface area contributed by atoms with Gasteiger partial charge in [0.15, 0.2) is 0 Å². The molecule has 14 heteroatoms. The van der Waals surface area contributed by atoms with Crippen LogP contribution in [0.25, 0.3) is 97.5 Å². The van der Waals surface area contributed by atoms with Crippen molar-refractivity contribution in [3.05, 3.63) is 247 Å². The van der Waals surface area contributed by atoms with Gasteiger partial charge in [0, 0.05) is 86.6 Å². The second kappa shape index (κ2) is 25.2. The maximum Gasteiger partial charge on any atom is 0.265 e. The van der Waals surface area contributed by atoms with Crippen molar-refractivity contribution < 1.29 is 19.2 Å². The second-order valence-corrected chi connectivity index (χ2v) is 30.7. The van der Waals surface area contributed by atoms with Crippen molar-refractivity contribution in [2.75, 3.05) is 9.80 Å². The number of thiophene rings is 2. The molecule has 0 N–H and O–H groups in total. The van der Waals surface area contributed by atoms with Gasteiger partial charge in [-0.05, 0) is 178 Å². The van der Waals surface area contributed by atoms with E-state index in [9.17, 15) is 19.2 Å². The Morgan fingerprint density at radius 1 is 0.333 bits per heavy atom. The zero-order chi connectivity index (χ0) is 69.1. The number of carbonyl (C=O) groups excluding carboxylic acids is 4. The molecule has 0 bridgehead atoms. The third-order valence-corrected chi connectivity index (χ3v) is 25.0. The van der Waals surface area contributed by atoms with Crippen molar-refractivity contribution in [3.63, 3.8) is 0 Å². The highest BCUT2D eigenvalue weighted by molar-refractivity contribution is 7.16. The molecule has 2 aliphatic heterocycles. The summed E-state index contributed by atoms with van der Waals surface area (Å²) in [6.45, 7) is 8.96. The van der Waals surface area contributed by atoms with E-state index in [4.69, 9.17) is 17.5 Å². The van der Waals surface area contributed by atoms with Gasteiger partial charge >= 0.3 is 0 Å². The molecule has 10 nitrogen and oxygen atoms in total. The Hall–Kier alpha value is -10.6. The third-order valence-electron chi connectivity index (χ3n) is 21.9. The Morgan fingerprint density at radius 3 is 1.11 bits per heavy atom. The van der Waals surface area contributed by atoms with E-state index in [0.29, 0.717) is 44.4 Å². The predicted octanol–water partition coefficient (Wildman–Crippen LogP) is 22.3. The molecule has 496 valence electrons. The maximum absolute atomic E-state index is 14.8. The van der Waals surface area contributed by atoms with Gasteiger partial charge in [0.2, 0.25) is 0 Å². The molecule has 4 aromatic heterocycles. The van der Waals surface area contributed by atoms with Crippen molar-refractivity contribution in [3.8, 4) is 66.8 Å². The fraction of sp³-hybridized carbons (Fsp3) is 0.205. The zero-order valence-electron chi connectivity index (χ0n) is 56.8. The van der Waals surface area contributed by atoms with Gasteiger partial charge in [-0.25, -0.2) is 9.80 Å². The van der Waals surface area contributed by atoms with E-state index < -0.39 is 0 Å². The molecule has 2 aliphatic carbocycles. The number of unbranched alkanes of at least 4 members (excludes halogenated alkanes) is 4. The number of benzene rings is 10. The summed E-state index contributed by atoms with van der Waals surface area (Å²) in [6, 6.07) is 61.3. The molecule has 0 saturated carbocycles. The number of fused-ring (bicyclic) bond motifs is 11. The minimum absolute atomic E-state index is 0.192. The van der Waals surface area contributed by atoms with E-state index in [1.807, 2.05) is 84.9 Å². The van der Waals surface area contributed by atoms with Crippen LogP contribution in [0.15, 0.2) is 182 Å². The molecule has 0 atom stereocenters. The lowest BCUT2D eigenvalue weighted by molar-refractivity contribution is 0.0877. The van der Waals surface area contributed by atoms with Crippen LogP contribution < -0.4 is 9.80 Å². The molecule has 0 fully saturated rings. The average Bonchev–Trinajstić information content (AvgIpc) is 1.27. The smallest absolute Gasteiger partial charge is 0.265 e. The van der Waals surface area contributed by atoms with Crippen LogP contribution in [0.3, 0.4) is 0 Å². The Kier molecular flexibility index (Phi) is 15.7. The minimum Gasteiger partial charge on any atom is -0.268 e. The van der Waals surface area contributed by atoms with Gasteiger partial charge in [0.25, 0.3) is 23.6 Å². The summed E-state index contributed by atoms with van der Waals surface area (Å²) >= 11 is 5.48. The highest BCUT2D eigenvalue weighted by Gasteiger charge is 2.46. The monoisotopic (exact) mass is 1400 g/mol. The van der Waals surface area contributed by atoms with Crippen molar-refractivity contribution in [2.45, 2.75) is 116 Å². The average molecular weight is 1400 g/mol. The Bertz CT molecular complexity index is 5650. The lowest BCUT2D eigenvalue weighted by atomic mass is 9.71. The van der Waals surface area contributed by atoms with E-state index in [1.54, 1.807) is 22.7 Å². The summed E-state index contributed by atoms with van der Waals surface area (Å²) in [4.78, 5) is 65.7. The number of rotatable bonds is 16. The number of hydrogen-bond acceptors (Lipinski definition) is 12. The van der Waals surface area contributed by atoms with E-state index in [2.05, 4.69) is 148 Å². The summed E-state index contributed by atoms with van der Waals surface area (Å²) in [5.41, 5.74) is 19.1. The SMILES string of the molecule is CCCCC1(CCCC)c2ccccc2-c2ccc(N3C(=O)c4cccc5c(C#Cc6ccc(-c7cc8c(cc(-c9ccc(C#Cc%10ccc%11c%12c(cccc%10%12)C(=O)N(c%10ccc%12c(c%10)C(CCCC)(CCCC)c%10ccccc%10-%12)C%11=O)s9)c9nsnc98)c8nsnc78)s6)ccc(c45)C3=O)cc21. The first-order valence-electron chi connectivity index (χ1n) is 35.5. The summed E-state index contributed by atoms with van der Waals surface area (Å²) < 4.78 is 19.6. The summed E-state index contributed by atoms with van der Waals surface area (Å²) in [5, 5.41) is 4.61. The third kappa shape index (κ3) is 9.78. The first-order valence-corrected chi connectivity index (χ1v) is 38.6. The highest BCUT2D eigenvalue weighted by atomic mass is 32.1. The van der Waals surface area contributed by atoms with Gasteiger partial charge in [-0.1, -0.05) is 188 Å². The van der Waals surface area contributed by atoms with Gasteiger partial charge in [-0.3, -0.25) is 19.2 Å². The Balaban J connectivity index is 0.616. The van der Waals surface area contributed by atoms with Crippen LogP contribution >= 0.6 is 46.1 Å². The fourth-order valence-corrected chi connectivity index (χ4v) is 20.0. The number of anilines is 2. The van der Waals surface area contributed by atoms with E-state index in [1.165, 1.54) is 77.8 Å². The predicted molar refractivity (Wildman–Crippen MR) is 418 cm³/mol. The van der Waals surface area contributed by atoms with Crippen molar-refractivity contribution in [1.82, 2.24) is 17.5 Å². The van der Waals surface area contributed by atoms with E-state index in [0.717, 1.165) is 162 Å². The molecule has 6 heterocycles. The lowest BCUT2D eigenvalue weighted by Gasteiger charge is -2.34. The Morgan fingerprint density at radius 2 is 0.696 bits per heavy atom. The van der Waals surface area contributed by atoms with Gasteiger partial charge in [-0.2, -0.15) is 17.5 Å². The van der Waals surface area contributed by atoms with Gasteiger partial charge in [0.05, 0.1) is 44.6 Å². The van der Waals surface area contributed by atoms with Crippen LogP contribution in [-0.4, -0.2) is 41.1 Å². The molecular formula is C88H66N6O4S4. The molecule has 0 saturated heterocycles. The number of amides is 4. The van der Waals surface area contributed by atoms with Gasteiger partial charge in [-0.15, -0.1) is 22.7 Å². The highest BCUT2D eigenvalue weighted by Crippen LogP contribution is 2.57. The number of carbonyl (C=O) groups is 4. The van der Waals surface area contributed by atoms with Crippen molar-refractivity contribution >= 4 is 136 Å². The maximum atomic E-state index is 14.8. The number of nitrogens with zero attached hydrogens (tertiary/aromatic N) is 6. The molecule has 102 heavy (non-hydrogen) atoms. The molecule has 0 radical (unpaired) electrons. The number of imide groups is 2. The first kappa shape index (κ1) is 63.6. The summed E-state index contributed by atoms with van der Waals surface area (Å²) in [7, 11) is 0. The summed E-state index contributed by atoms with van der Waals surface area (Å²) in [6.07, 6.45) is 12.7. The van der Waals surface area contributed by atoms with E-state index >= 15 is 0 Å². The number of aromatic nitrogens is 4. The first-order chi connectivity index (χ1) is 50.0. The Labute approximate surface area is 607 Å². The van der Waals surface area contributed by atoms with Crippen LogP contribution in [0.4, 0.5) is 11.4 Å². The van der Waals surface area contributed by atoms with Gasteiger partial charge < -0.3 is 0 Å². The normalized spacial score (nSPS) is 14.4. The number of hydrogen-bond donors (Lipinski definition) is 0. The standard InChI is InChI=1S/C88H66N6O4S4/c1-5-9-43-87(44-10-6-2)71-25-15-13-19-59(71)61-39-31-53(47-73(61)87)93-83(95)63-23-17-21-57-51(29-37-65(77(57)63)85(93)97)27-33-55-35-41-75(99-55)69-49-67-68(79-81(69)91-101-89-79)50-70(82-80(67)90-102-92-82)76-42-36-56(100-76)34-28-52-30-38-66-78-58(52)22-18-24-64(78)84(96)94(86(66)98)54-32-40-62-60-20-14-16-26-72(60)88(45-11-7-3,46-12-8-4)74(62)48-54/h13-26,29-32,35-42,47-50H,5-12,43-46H2,1-4H3. The molecule has 18 rings (SSSR count). The molecular weight excluding hydrogens is 1330 g/mol. The van der Waals surface area contributed by atoms with Crippen molar-refractivity contribution in [2.24, 2.45) is 0 Å². The molecule has 4 aliphatic rings. The van der Waals surface area contributed by atoms with Crippen LogP contribution in [0.1, 0.15) is 189 Å². The topological polar surface area (TPSA) is 126 Å². The quantitative estimate of drug-likeness (QED) is 0.0691. The second-order valence-electron chi connectivity index (χ2n) is 27.5. The molecule has 10 aromatic carbocycles. The van der Waals surface area contributed by atoms with Crippen LogP contribution in [-0.2, 0) is 10.8 Å². The summed E-state index contributed by atoms with van der Waals surface area (Å²) in [5.74, 6) is 12.4. The van der Waals surface area contributed by atoms with Crippen LogP contribution in [0.2, 0.25) is 0 Å². The molecule has 14 aromatic rings. The zero-order valence-corrected chi connectivity index (χ0v) is 60.0. The van der Waals surface area contributed by atoms with Crippen molar-refractivity contribution in [1.29, 1.82) is 0 Å². The van der Waals surface area contributed by atoms with Gasteiger partial charge in [0.1, 0.15) is 22.1 Å². The van der Waals surface area contributed by atoms with Crippen LogP contribution in [0.5, 0.6) is 0 Å². The molecule has 4 amide bonds. The van der Waals surface area contributed by atoms with E-state index in [-0.39, 0.29) is 34.5 Å². The van der Waals surface area contributed by atoms with Crippen LogP contribution in [0, 0.1) is 23.7 Å². The largest absolute Gasteiger partial charge is 0.268 e. The minimum atomic E-state index is -0.336. The molecule has 0 unspecified atom stereocenters.